The Morgan fingerprint density at radius 2 is 2.15 bits per heavy atom. The lowest BCUT2D eigenvalue weighted by atomic mass is 10.2. The Bertz CT molecular complexity index is 814. The molecule has 2 heterocycles. The van der Waals surface area contributed by atoms with Crippen molar-refractivity contribution in [2.75, 3.05) is 5.73 Å². The minimum Gasteiger partial charge on any atom is -0.390 e. The summed E-state index contributed by atoms with van der Waals surface area (Å²) in [6.45, 7) is 2.04. The van der Waals surface area contributed by atoms with Crippen LogP contribution < -0.4 is 5.73 Å². The van der Waals surface area contributed by atoms with Gasteiger partial charge in [0.2, 0.25) is 0 Å². The smallest absolute Gasteiger partial charge is 0.144 e. The van der Waals surface area contributed by atoms with Crippen molar-refractivity contribution in [1.82, 2.24) is 9.55 Å². The summed E-state index contributed by atoms with van der Waals surface area (Å²) in [5.74, 6) is 0.619. The third-order valence-electron chi connectivity index (χ3n) is 3.69. The molecule has 0 bridgehead atoms. The Morgan fingerprint density at radius 1 is 1.35 bits per heavy atom. The lowest BCUT2D eigenvalue weighted by Gasteiger charge is -2.06. The first-order chi connectivity index (χ1) is 9.63. The zero-order valence-corrected chi connectivity index (χ0v) is 11.9. The topological polar surface area (TPSA) is 43.8 Å². The highest BCUT2D eigenvalue weighted by molar-refractivity contribution is 7.16. The number of hydrogen-bond acceptors (Lipinski definition) is 3. The molecule has 3 nitrogen and oxygen atoms in total. The second kappa shape index (κ2) is 4.06. The number of imidazole rings is 1. The summed E-state index contributed by atoms with van der Waals surface area (Å²) in [6.07, 6.45) is 2.30. The lowest BCUT2D eigenvalue weighted by molar-refractivity contribution is 0.629. The molecule has 1 aromatic carbocycles. The molecule has 1 aliphatic rings. The number of nitrogen functional groups attached to an aromatic ring is 1. The standard InChI is InChI=1S/C15H14FN3S/c1-8-6-11(14(17)20-8)15-18-12-7-9(16)2-5-13(12)19(15)10-3-4-10/h2,5-7,10H,3-4,17H2,1H3. The number of thiophene rings is 1. The summed E-state index contributed by atoms with van der Waals surface area (Å²) >= 11 is 1.57. The van der Waals surface area contributed by atoms with E-state index in [-0.39, 0.29) is 5.82 Å². The van der Waals surface area contributed by atoms with Crippen LogP contribution in [0.2, 0.25) is 0 Å². The molecule has 0 unspecified atom stereocenters. The first-order valence-corrected chi connectivity index (χ1v) is 7.49. The lowest BCUT2D eigenvalue weighted by Crippen LogP contribution is -1.98. The quantitative estimate of drug-likeness (QED) is 0.770. The fourth-order valence-corrected chi connectivity index (χ4v) is 3.46. The number of rotatable bonds is 2. The molecular formula is C15H14FN3S. The number of aryl methyl sites for hydroxylation is 1. The number of benzene rings is 1. The Kier molecular flexibility index (Phi) is 2.41. The first kappa shape index (κ1) is 11.9. The van der Waals surface area contributed by atoms with Gasteiger partial charge in [0.1, 0.15) is 11.6 Å². The number of nitrogens with two attached hydrogens (primary N) is 1. The van der Waals surface area contributed by atoms with Gasteiger partial charge in [0.25, 0.3) is 0 Å². The van der Waals surface area contributed by atoms with Gasteiger partial charge >= 0.3 is 0 Å². The number of halogens is 1. The van der Waals surface area contributed by atoms with Crippen LogP contribution in [0.5, 0.6) is 0 Å². The molecule has 0 spiro atoms. The first-order valence-electron chi connectivity index (χ1n) is 6.67. The average molecular weight is 287 g/mol. The maximum Gasteiger partial charge on any atom is 0.144 e. The van der Waals surface area contributed by atoms with E-state index in [0.29, 0.717) is 11.6 Å². The van der Waals surface area contributed by atoms with Crippen molar-refractivity contribution in [3.8, 4) is 11.4 Å². The van der Waals surface area contributed by atoms with E-state index in [1.54, 1.807) is 11.3 Å². The number of hydrogen-bond donors (Lipinski definition) is 1. The molecule has 5 heteroatoms. The maximum absolute atomic E-state index is 13.4. The van der Waals surface area contributed by atoms with Crippen LogP contribution in [0.15, 0.2) is 24.3 Å². The fourth-order valence-electron chi connectivity index (χ4n) is 2.67. The van der Waals surface area contributed by atoms with Gasteiger partial charge in [-0.2, -0.15) is 0 Å². The summed E-state index contributed by atoms with van der Waals surface area (Å²) < 4.78 is 15.6. The Balaban J connectivity index is 2.03. The summed E-state index contributed by atoms with van der Waals surface area (Å²) in [6, 6.07) is 7.34. The summed E-state index contributed by atoms with van der Waals surface area (Å²) in [5, 5.41) is 0.778. The summed E-state index contributed by atoms with van der Waals surface area (Å²) in [4.78, 5) is 5.79. The van der Waals surface area contributed by atoms with Crippen LogP contribution in [0.1, 0.15) is 23.8 Å². The van der Waals surface area contributed by atoms with Crippen LogP contribution in [0, 0.1) is 12.7 Å². The van der Waals surface area contributed by atoms with Crippen molar-refractivity contribution in [3.05, 3.63) is 35.0 Å². The van der Waals surface area contributed by atoms with Crippen LogP contribution in [-0.2, 0) is 0 Å². The van der Waals surface area contributed by atoms with E-state index in [9.17, 15) is 4.39 Å². The second-order valence-electron chi connectivity index (χ2n) is 5.30. The van der Waals surface area contributed by atoms with Crippen LogP contribution in [0.25, 0.3) is 22.4 Å². The SMILES string of the molecule is Cc1cc(-c2nc3cc(F)ccc3n2C2CC2)c(N)s1. The molecule has 2 aromatic heterocycles. The van der Waals surface area contributed by atoms with Crippen LogP contribution in [0.3, 0.4) is 0 Å². The largest absolute Gasteiger partial charge is 0.390 e. The molecule has 0 saturated heterocycles. The molecule has 0 amide bonds. The molecule has 1 fully saturated rings. The molecular weight excluding hydrogens is 273 g/mol. The number of aromatic nitrogens is 2. The van der Waals surface area contributed by atoms with Gasteiger partial charge in [-0.3, -0.25) is 0 Å². The van der Waals surface area contributed by atoms with E-state index in [1.807, 2.05) is 13.0 Å². The summed E-state index contributed by atoms with van der Waals surface area (Å²) in [5.41, 5.74) is 8.77. The van der Waals surface area contributed by atoms with Crippen LogP contribution >= 0.6 is 11.3 Å². The average Bonchev–Trinajstić information content (AvgIpc) is 3.08. The van der Waals surface area contributed by atoms with Gasteiger partial charge in [-0.15, -0.1) is 11.3 Å². The van der Waals surface area contributed by atoms with E-state index in [4.69, 9.17) is 5.73 Å². The molecule has 1 aliphatic carbocycles. The maximum atomic E-state index is 13.4. The monoisotopic (exact) mass is 287 g/mol. The zero-order chi connectivity index (χ0) is 13.9. The Morgan fingerprint density at radius 3 is 2.80 bits per heavy atom. The minimum absolute atomic E-state index is 0.251. The van der Waals surface area contributed by atoms with Crippen LogP contribution in [-0.4, -0.2) is 9.55 Å². The highest BCUT2D eigenvalue weighted by atomic mass is 32.1. The van der Waals surface area contributed by atoms with E-state index >= 15 is 0 Å². The molecule has 3 aromatic rings. The van der Waals surface area contributed by atoms with Gasteiger partial charge in [-0.05, 0) is 38.0 Å². The third kappa shape index (κ3) is 1.73. The zero-order valence-electron chi connectivity index (χ0n) is 11.1. The molecule has 102 valence electrons. The van der Waals surface area contributed by atoms with Gasteiger partial charge in [-0.25, -0.2) is 9.37 Å². The molecule has 2 N–H and O–H groups in total. The third-order valence-corrected chi connectivity index (χ3v) is 4.57. The van der Waals surface area contributed by atoms with Crippen molar-refractivity contribution in [2.24, 2.45) is 0 Å². The molecule has 0 atom stereocenters. The van der Waals surface area contributed by atoms with Gasteiger partial charge in [0, 0.05) is 17.0 Å². The molecule has 1 saturated carbocycles. The van der Waals surface area contributed by atoms with Gasteiger partial charge in [0.15, 0.2) is 0 Å². The predicted octanol–water partition coefficient (Wildman–Crippen LogP) is 4.13. The minimum atomic E-state index is -0.251. The van der Waals surface area contributed by atoms with Crippen molar-refractivity contribution in [3.63, 3.8) is 0 Å². The highest BCUT2D eigenvalue weighted by Gasteiger charge is 2.29. The highest BCUT2D eigenvalue weighted by Crippen LogP contribution is 2.43. The number of nitrogens with zero attached hydrogens (tertiary/aromatic N) is 2. The van der Waals surface area contributed by atoms with Gasteiger partial charge in [-0.1, -0.05) is 0 Å². The van der Waals surface area contributed by atoms with Crippen LogP contribution in [0.4, 0.5) is 9.39 Å². The Hall–Kier alpha value is -1.88. The van der Waals surface area contributed by atoms with Crippen molar-refractivity contribution >= 4 is 27.4 Å². The van der Waals surface area contributed by atoms with Gasteiger partial charge in [0.05, 0.1) is 21.6 Å². The fraction of sp³-hybridized carbons (Fsp3) is 0.267. The molecule has 0 radical (unpaired) electrons. The molecule has 4 rings (SSSR count). The van der Waals surface area contributed by atoms with Crippen molar-refractivity contribution in [1.29, 1.82) is 0 Å². The number of fused-ring (bicyclic) bond motifs is 1. The normalized spacial score (nSPS) is 15.1. The van der Waals surface area contributed by atoms with Crippen molar-refractivity contribution < 1.29 is 4.39 Å². The Labute approximate surface area is 119 Å². The second-order valence-corrected chi connectivity index (χ2v) is 6.59. The molecule has 20 heavy (non-hydrogen) atoms. The summed E-state index contributed by atoms with van der Waals surface area (Å²) in [7, 11) is 0. The van der Waals surface area contributed by atoms with Gasteiger partial charge < -0.3 is 10.3 Å². The van der Waals surface area contributed by atoms with E-state index in [1.165, 1.54) is 12.1 Å². The van der Waals surface area contributed by atoms with E-state index in [0.717, 1.165) is 39.6 Å². The predicted molar refractivity (Wildman–Crippen MR) is 80.4 cm³/mol. The van der Waals surface area contributed by atoms with E-state index < -0.39 is 0 Å². The number of anilines is 1. The van der Waals surface area contributed by atoms with E-state index in [2.05, 4.69) is 15.6 Å². The molecule has 0 aliphatic heterocycles. The van der Waals surface area contributed by atoms with Crippen molar-refractivity contribution in [2.45, 2.75) is 25.8 Å².